The molecule has 2 unspecified atom stereocenters. The van der Waals surface area contributed by atoms with Gasteiger partial charge in [0.1, 0.15) is 0 Å². The minimum Gasteiger partial charge on any atom is -0.398 e. The summed E-state index contributed by atoms with van der Waals surface area (Å²) in [6.07, 6.45) is 14.9. The Hall–Kier alpha value is -1.14. The number of nitrogens with two attached hydrogens (primary N) is 2. The third-order valence-corrected chi connectivity index (χ3v) is 4.46. The number of carbonyl (C=O) groups excluding carboxylic acids is 1. The van der Waals surface area contributed by atoms with E-state index in [9.17, 15) is 4.79 Å². The van der Waals surface area contributed by atoms with Crippen LogP contribution in [0.2, 0.25) is 0 Å². The fraction of sp³-hybridized carbons (Fsp3) is 0.353. The largest absolute Gasteiger partial charge is 0.398 e. The molecule has 0 aromatic rings. The van der Waals surface area contributed by atoms with Gasteiger partial charge in [-0.1, -0.05) is 65.1 Å². The van der Waals surface area contributed by atoms with Crippen LogP contribution in [0.15, 0.2) is 59.4 Å². The Morgan fingerprint density at radius 1 is 1.33 bits per heavy atom. The molecule has 0 bridgehead atoms. The van der Waals surface area contributed by atoms with Crippen LogP contribution < -0.4 is 11.5 Å². The standard InChI is InChI=1S/C17H21IN2O/c1-16(18)8-4-6-14(19)13(11-16)15(21)12-5-3-9-17(2,20)10-7-12/h3,5-7,9-11H,4,8,19-20H2,1-2H3. The van der Waals surface area contributed by atoms with E-state index in [1.165, 1.54) is 0 Å². The SMILES string of the molecule is CC1(N)C=CC=C(C(=O)C2=CC(C)(I)CCC=C2N)C=C1. The molecule has 0 saturated heterocycles. The van der Waals surface area contributed by atoms with Crippen molar-refractivity contribution in [3.05, 3.63) is 59.4 Å². The third-order valence-electron chi connectivity index (χ3n) is 3.61. The molecule has 2 aliphatic carbocycles. The van der Waals surface area contributed by atoms with Gasteiger partial charge >= 0.3 is 0 Å². The highest BCUT2D eigenvalue weighted by Gasteiger charge is 2.25. The van der Waals surface area contributed by atoms with Gasteiger partial charge in [-0.25, -0.2) is 0 Å². The third kappa shape index (κ3) is 4.17. The van der Waals surface area contributed by atoms with E-state index in [0.29, 0.717) is 16.8 Å². The Bertz CT molecular complexity index is 604. The summed E-state index contributed by atoms with van der Waals surface area (Å²) in [6, 6.07) is 0. The highest BCUT2D eigenvalue weighted by atomic mass is 127. The van der Waals surface area contributed by atoms with E-state index >= 15 is 0 Å². The maximum Gasteiger partial charge on any atom is 0.194 e. The van der Waals surface area contributed by atoms with Crippen molar-refractivity contribution in [3.63, 3.8) is 0 Å². The Balaban J connectivity index is 2.37. The van der Waals surface area contributed by atoms with Crippen LogP contribution in [0.3, 0.4) is 0 Å². The van der Waals surface area contributed by atoms with Crippen LogP contribution in [-0.4, -0.2) is 14.7 Å². The van der Waals surface area contributed by atoms with Crippen LogP contribution in [-0.2, 0) is 4.79 Å². The molecule has 0 spiro atoms. The van der Waals surface area contributed by atoms with E-state index in [0.717, 1.165) is 12.8 Å². The molecule has 0 heterocycles. The molecular formula is C17H21IN2O. The van der Waals surface area contributed by atoms with Gasteiger partial charge in [-0.05, 0) is 26.7 Å². The first kappa shape index (κ1) is 16.2. The van der Waals surface area contributed by atoms with Crippen molar-refractivity contribution in [1.29, 1.82) is 0 Å². The van der Waals surface area contributed by atoms with Gasteiger partial charge in [-0.15, -0.1) is 0 Å². The first-order valence-electron chi connectivity index (χ1n) is 7.00. The Kier molecular flexibility index (Phi) is 4.58. The maximum atomic E-state index is 12.8. The Morgan fingerprint density at radius 2 is 2.05 bits per heavy atom. The maximum absolute atomic E-state index is 12.8. The van der Waals surface area contributed by atoms with Gasteiger partial charge in [0, 0.05) is 20.3 Å². The molecule has 0 aromatic carbocycles. The molecule has 2 rings (SSSR count). The quantitative estimate of drug-likeness (QED) is 0.557. The first-order chi connectivity index (χ1) is 9.70. The number of ketones is 1. The van der Waals surface area contributed by atoms with Gasteiger partial charge in [0.05, 0.1) is 5.54 Å². The van der Waals surface area contributed by atoms with Gasteiger partial charge < -0.3 is 11.5 Å². The Labute approximate surface area is 139 Å². The first-order valence-corrected chi connectivity index (χ1v) is 8.08. The zero-order valence-electron chi connectivity index (χ0n) is 12.4. The molecular weight excluding hydrogens is 375 g/mol. The van der Waals surface area contributed by atoms with Crippen LogP contribution in [0.1, 0.15) is 26.7 Å². The van der Waals surface area contributed by atoms with Gasteiger partial charge in [-0.2, -0.15) is 0 Å². The minimum atomic E-state index is -0.532. The van der Waals surface area contributed by atoms with Crippen LogP contribution >= 0.6 is 22.6 Å². The molecule has 21 heavy (non-hydrogen) atoms. The summed E-state index contributed by atoms with van der Waals surface area (Å²) in [7, 11) is 0. The highest BCUT2D eigenvalue weighted by molar-refractivity contribution is 14.1. The summed E-state index contributed by atoms with van der Waals surface area (Å²) in [5.74, 6) is -0.0489. The van der Waals surface area contributed by atoms with Gasteiger partial charge in [0.2, 0.25) is 0 Å². The van der Waals surface area contributed by atoms with Crippen molar-refractivity contribution in [2.24, 2.45) is 11.5 Å². The molecule has 2 atom stereocenters. The molecule has 0 radical (unpaired) electrons. The van der Waals surface area contributed by atoms with Gasteiger partial charge in [0.15, 0.2) is 5.78 Å². The molecule has 0 aliphatic heterocycles. The lowest BCUT2D eigenvalue weighted by atomic mass is 9.96. The summed E-state index contributed by atoms with van der Waals surface area (Å²) in [5, 5.41) is 0. The summed E-state index contributed by atoms with van der Waals surface area (Å²) in [4.78, 5) is 12.8. The second kappa shape index (κ2) is 5.93. The number of alkyl halides is 1. The van der Waals surface area contributed by atoms with E-state index < -0.39 is 5.54 Å². The van der Waals surface area contributed by atoms with Crippen molar-refractivity contribution >= 4 is 28.4 Å². The molecule has 3 nitrogen and oxygen atoms in total. The monoisotopic (exact) mass is 396 g/mol. The lowest BCUT2D eigenvalue weighted by Crippen LogP contribution is -2.30. The fourth-order valence-electron chi connectivity index (χ4n) is 2.32. The molecule has 0 saturated carbocycles. The highest BCUT2D eigenvalue weighted by Crippen LogP contribution is 2.32. The number of hydrogen-bond donors (Lipinski definition) is 2. The van der Waals surface area contributed by atoms with E-state index in [4.69, 9.17) is 11.5 Å². The zero-order valence-corrected chi connectivity index (χ0v) is 14.6. The van der Waals surface area contributed by atoms with Crippen molar-refractivity contribution in [3.8, 4) is 0 Å². The predicted octanol–water partition coefficient (Wildman–Crippen LogP) is 3.08. The van der Waals surface area contributed by atoms with Crippen LogP contribution in [0.5, 0.6) is 0 Å². The van der Waals surface area contributed by atoms with Crippen LogP contribution in [0.4, 0.5) is 0 Å². The number of allylic oxidation sites excluding steroid dienone is 7. The van der Waals surface area contributed by atoms with E-state index in [1.54, 1.807) is 12.2 Å². The number of hydrogen-bond acceptors (Lipinski definition) is 3. The summed E-state index contributed by atoms with van der Waals surface area (Å²) >= 11 is 2.37. The summed E-state index contributed by atoms with van der Waals surface area (Å²) in [6.45, 7) is 4.00. The number of halogens is 1. The van der Waals surface area contributed by atoms with Crippen molar-refractivity contribution in [2.45, 2.75) is 35.6 Å². The molecule has 2 aliphatic rings. The molecule has 4 N–H and O–H groups in total. The molecule has 112 valence electrons. The smallest absolute Gasteiger partial charge is 0.194 e. The molecule has 0 aromatic heterocycles. The lowest BCUT2D eigenvalue weighted by molar-refractivity contribution is -0.111. The number of Topliss-reactive ketones (excluding diaryl/α,β-unsaturated/α-hetero) is 1. The topological polar surface area (TPSA) is 69.1 Å². The number of rotatable bonds is 2. The van der Waals surface area contributed by atoms with Crippen LogP contribution in [0, 0.1) is 0 Å². The fourth-order valence-corrected chi connectivity index (χ4v) is 2.94. The van der Waals surface area contributed by atoms with E-state index in [1.807, 2.05) is 37.3 Å². The van der Waals surface area contributed by atoms with E-state index in [-0.39, 0.29) is 9.20 Å². The second-order valence-electron chi connectivity index (χ2n) is 6.04. The molecule has 0 fully saturated rings. The summed E-state index contributed by atoms with van der Waals surface area (Å²) < 4.78 is -0.0619. The number of carbonyl (C=O) groups is 1. The predicted molar refractivity (Wildman–Crippen MR) is 96.0 cm³/mol. The molecule has 4 heteroatoms. The average molecular weight is 396 g/mol. The second-order valence-corrected chi connectivity index (χ2v) is 8.51. The summed E-state index contributed by atoms with van der Waals surface area (Å²) in [5.41, 5.74) is 13.4. The van der Waals surface area contributed by atoms with Crippen molar-refractivity contribution in [2.75, 3.05) is 0 Å². The van der Waals surface area contributed by atoms with Gasteiger partial charge in [-0.3, -0.25) is 4.79 Å². The van der Waals surface area contributed by atoms with Crippen LogP contribution in [0.25, 0.3) is 0 Å². The zero-order chi connectivity index (χ0) is 15.7. The normalized spacial score (nSPS) is 32.7. The van der Waals surface area contributed by atoms with Crippen molar-refractivity contribution < 1.29 is 4.79 Å². The Morgan fingerprint density at radius 3 is 2.76 bits per heavy atom. The average Bonchev–Trinajstić information content (AvgIpc) is 2.63. The van der Waals surface area contributed by atoms with Gasteiger partial charge in [0.25, 0.3) is 0 Å². The molecule has 0 amide bonds. The minimum absolute atomic E-state index is 0.0489. The van der Waals surface area contributed by atoms with E-state index in [2.05, 4.69) is 29.5 Å². The lowest BCUT2D eigenvalue weighted by Gasteiger charge is -2.17. The van der Waals surface area contributed by atoms with Crippen molar-refractivity contribution in [1.82, 2.24) is 0 Å².